The van der Waals surface area contributed by atoms with E-state index in [1.165, 1.54) is 48.5 Å². The fourth-order valence-corrected chi connectivity index (χ4v) is 3.15. The van der Waals surface area contributed by atoms with Gasteiger partial charge in [-0.1, -0.05) is 23.7 Å². The van der Waals surface area contributed by atoms with E-state index in [9.17, 15) is 18.4 Å². The Morgan fingerprint density at radius 2 is 1.26 bits per heavy atom. The SMILES string of the molecule is O=C(CN(CC(=O)Nc1ccc(F)cc1)Cc1cccc(Cl)c1)Nc1ccc(F)cc1. The standard InChI is InChI=1S/C23H20ClF2N3O2/c24-17-3-1-2-16(12-17)13-29(14-22(30)27-20-8-4-18(25)5-9-20)15-23(31)28-21-10-6-19(26)7-11-21/h1-12H,13-15H2,(H,27,30)(H,28,31). The van der Waals surface area contributed by atoms with Crippen LogP contribution in [0.2, 0.25) is 5.02 Å². The van der Waals surface area contributed by atoms with Crippen molar-refractivity contribution < 1.29 is 18.4 Å². The summed E-state index contributed by atoms with van der Waals surface area (Å²) in [4.78, 5) is 26.6. The highest BCUT2D eigenvalue weighted by molar-refractivity contribution is 6.30. The highest BCUT2D eigenvalue weighted by Crippen LogP contribution is 2.14. The third-order valence-electron chi connectivity index (χ3n) is 4.29. The van der Waals surface area contributed by atoms with Gasteiger partial charge in [0.1, 0.15) is 11.6 Å². The summed E-state index contributed by atoms with van der Waals surface area (Å²) in [5, 5.41) is 5.90. The number of halogens is 3. The highest BCUT2D eigenvalue weighted by Gasteiger charge is 2.16. The highest BCUT2D eigenvalue weighted by atomic mass is 35.5. The summed E-state index contributed by atoms with van der Waals surface area (Å²) in [5.74, 6) is -1.53. The average molecular weight is 444 g/mol. The van der Waals surface area contributed by atoms with Gasteiger partial charge in [-0.2, -0.15) is 0 Å². The molecule has 0 aliphatic carbocycles. The zero-order chi connectivity index (χ0) is 22.2. The molecule has 0 atom stereocenters. The van der Waals surface area contributed by atoms with Crippen molar-refractivity contribution in [3.8, 4) is 0 Å². The van der Waals surface area contributed by atoms with E-state index in [-0.39, 0.29) is 24.9 Å². The lowest BCUT2D eigenvalue weighted by Gasteiger charge is -2.21. The molecule has 0 unspecified atom stereocenters. The van der Waals surface area contributed by atoms with Crippen LogP contribution in [0.25, 0.3) is 0 Å². The molecule has 0 saturated carbocycles. The van der Waals surface area contributed by atoms with E-state index in [4.69, 9.17) is 11.6 Å². The van der Waals surface area contributed by atoms with Crippen molar-refractivity contribution in [2.45, 2.75) is 6.54 Å². The Labute approximate surface area is 183 Å². The Bertz CT molecular complexity index is 982. The molecule has 3 aromatic rings. The number of benzene rings is 3. The summed E-state index contributed by atoms with van der Waals surface area (Å²) in [6.45, 7) is 0.135. The third kappa shape index (κ3) is 7.47. The van der Waals surface area contributed by atoms with E-state index >= 15 is 0 Å². The minimum Gasteiger partial charge on any atom is -0.325 e. The fourth-order valence-electron chi connectivity index (χ4n) is 2.93. The summed E-state index contributed by atoms with van der Waals surface area (Å²) in [6, 6.07) is 17.9. The van der Waals surface area contributed by atoms with Crippen LogP contribution in [0.3, 0.4) is 0 Å². The second-order valence-electron chi connectivity index (χ2n) is 6.89. The minimum absolute atomic E-state index is 0.0826. The van der Waals surface area contributed by atoms with E-state index in [2.05, 4.69) is 10.6 Å². The van der Waals surface area contributed by atoms with Crippen molar-refractivity contribution in [2.24, 2.45) is 0 Å². The fraction of sp³-hybridized carbons (Fsp3) is 0.130. The maximum atomic E-state index is 13.1. The molecule has 3 aromatic carbocycles. The first-order chi connectivity index (χ1) is 14.9. The number of nitrogens with zero attached hydrogens (tertiary/aromatic N) is 1. The molecule has 0 fully saturated rings. The lowest BCUT2D eigenvalue weighted by atomic mass is 10.2. The maximum absolute atomic E-state index is 13.1. The average Bonchev–Trinajstić information content (AvgIpc) is 2.71. The van der Waals surface area contributed by atoms with Crippen LogP contribution >= 0.6 is 11.6 Å². The van der Waals surface area contributed by atoms with Gasteiger partial charge >= 0.3 is 0 Å². The van der Waals surface area contributed by atoms with Gasteiger partial charge in [0, 0.05) is 22.9 Å². The number of hydrogen-bond donors (Lipinski definition) is 2. The molecule has 5 nitrogen and oxygen atoms in total. The van der Waals surface area contributed by atoms with Crippen LogP contribution in [-0.2, 0) is 16.1 Å². The monoisotopic (exact) mass is 443 g/mol. The van der Waals surface area contributed by atoms with Crippen molar-refractivity contribution >= 4 is 34.8 Å². The Hall–Kier alpha value is -3.29. The van der Waals surface area contributed by atoms with E-state index in [1.807, 2.05) is 6.07 Å². The summed E-state index contributed by atoms with van der Waals surface area (Å²) in [5.41, 5.74) is 1.73. The van der Waals surface area contributed by atoms with Gasteiger partial charge in [0.05, 0.1) is 13.1 Å². The molecule has 0 radical (unpaired) electrons. The molecule has 0 heterocycles. The Kier molecular flexibility index (Phi) is 7.70. The van der Waals surface area contributed by atoms with Crippen molar-refractivity contribution in [3.63, 3.8) is 0 Å². The molecule has 0 spiro atoms. The zero-order valence-corrected chi connectivity index (χ0v) is 17.2. The minimum atomic E-state index is -0.405. The molecule has 3 rings (SSSR count). The van der Waals surface area contributed by atoms with Crippen molar-refractivity contribution in [2.75, 3.05) is 23.7 Å². The molecule has 160 valence electrons. The molecular formula is C23H20ClF2N3O2. The molecular weight excluding hydrogens is 424 g/mol. The quantitative estimate of drug-likeness (QED) is 0.530. The number of carbonyl (C=O) groups is 2. The third-order valence-corrected chi connectivity index (χ3v) is 4.52. The van der Waals surface area contributed by atoms with Crippen molar-refractivity contribution in [1.29, 1.82) is 0 Å². The number of nitrogens with one attached hydrogen (secondary N) is 2. The van der Waals surface area contributed by atoms with Crippen LogP contribution in [0.15, 0.2) is 72.8 Å². The number of anilines is 2. The van der Waals surface area contributed by atoms with Crippen molar-refractivity contribution in [3.05, 3.63) is 95.0 Å². The van der Waals surface area contributed by atoms with Gasteiger partial charge in [-0.3, -0.25) is 14.5 Å². The molecule has 0 aliphatic heterocycles. The molecule has 2 N–H and O–H groups in total. The molecule has 0 aromatic heterocycles. The maximum Gasteiger partial charge on any atom is 0.238 e. The summed E-state index contributed by atoms with van der Waals surface area (Å²) < 4.78 is 26.1. The number of carbonyl (C=O) groups excluding carboxylic acids is 2. The van der Waals surface area contributed by atoms with Gasteiger partial charge < -0.3 is 10.6 Å². The van der Waals surface area contributed by atoms with Crippen LogP contribution in [0.1, 0.15) is 5.56 Å². The summed E-state index contributed by atoms with van der Waals surface area (Å²) in [6.07, 6.45) is 0. The molecule has 0 bridgehead atoms. The van der Waals surface area contributed by atoms with E-state index in [0.717, 1.165) is 5.56 Å². The molecule has 31 heavy (non-hydrogen) atoms. The van der Waals surface area contributed by atoms with Crippen LogP contribution in [0, 0.1) is 11.6 Å². The molecule has 0 aliphatic rings. The number of hydrogen-bond acceptors (Lipinski definition) is 3. The predicted molar refractivity (Wildman–Crippen MR) is 117 cm³/mol. The van der Waals surface area contributed by atoms with Gasteiger partial charge in [-0.05, 0) is 66.2 Å². The van der Waals surface area contributed by atoms with Crippen LogP contribution in [-0.4, -0.2) is 29.8 Å². The van der Waals surface area contributed by atoms with Gasteiger partial charge in [0.25, 0.3) is 0 Å². The van der Waals surface area contributed by atoms with Gasteiger partial charge in [0.15, 0.2) is 0 Å². The number of rotatable bonds is 8. The second kappa shape index (κ2) is 10.7. The smallest absolute Gasteiger partial charge is 0.238 e. The molecule has 2 amide bonds. The Balaban J connectivity index is 1.67. The Morgan fingerprint density at radius 1 is 0.774 bits per heavy atom. The Morgan fingerprint density at radius 3 is 1.71 bits per heavy atom. The number of amides is 2. The largest absolute Gasteiger partial charge is 0.325 e. The van der Waals surface area contributed by atoms with E-state index in [0.29, 0.717) is 22.9 Å². The van der Waals surface area contributed by atoms with E-state index in [1.54, 1.807) is 23.1 Å². The summed E-state index contributed by atoms with van der Waals surface area (Å²) >= 11 is 6.04. The van der Waals surface area contributed by atoms with Crippen molar-refractivity contribution in [1.82, 2.24) is 4.90 Å². The molecule has 0 saturated heterocycles. The zero-order valence-electron chi connectivity index (χ0n) is 16.4. The van der Waals surface area contributed by atoms with Crippen LogP contribution in [0.5, 0.6) is 0 Å². The predicted octanol–water partition coefficient (Wildman–Crippen LogP) is 4.70. The molecule has 8 heteroatoms. The van der Waals surface area contributed by atoms with Crippen LogP contribution in [0.4, 0.5) is 20.2 Å². The van der Waals surface area contributed by atoms with Gasteiger partial charge in [0.2, 0.25) is 11.8 Å². The van der Waals surface area contributed by atoms with Gasteiger partial charge in [-0.25, -0.2) is 8.78 Å². The van der Waals surface area contributed by atoms with Gasteiger partial charge in [-0.15, -0.1) is 0 Å². The normalized spacial score (nSPS) is 10.7. The summed E-state index contributed by atoms with van der Waals surface area (Å²) in [7, 11) is 0. The first-order valence-corrected chi connectivity index (χ1v) is 9.83. The lowest BCUT2D eigenvalue weighted by molar-refractivity contribution is -0.120. The lowest BCUT2D eigenvalue weighted by Crippen LogP contribution is -2.38. The first kappa shape index (κ1) is 22.4. The van der Waals surface area contributed by atoms with Crippen LogP contribution < -0.4 is 10.6 Å². The topological polar surface area (TPSA) is 61.4 Å². The van der Waals surface area contributed by atoms with E-state index < -0.39 is 11.6 Å². The second-order valence-corrected chi connectivity index (χ2v) is 7.32. The first-order valence-electron chi connectivity index (χ1n) is 9.45.